The van der Waals surface area contributed by atoms with Gasteiger partial charge in [-0.2, -0.15) is 5.10 Å². The van der Waals surface area contributed by atoms with Crippen molar-refractivity contribution in [1.29, 1.82) is 0 Å². The lowest BCUT2D eigenvalue weighted by Crippen LogP contribution is -2.15. The van der Waals surface area contributed by atoms with Gasteiger partial charge in [-0.1, -0.05) is 18.2 Å². The van der Waals surface area contributed by atoms with Crippen molar-refractivity contribution < 1.29 is 14.3 Å². The van der Waals surface area contributed by atoms with E-state index in [4.69, 9.17) is 4.74 Å². The number of esters is 1. The summed E-state index contributed by atoms with van der Waals surface area (Å²) in [7, 11) is 0. The Balaban J connectivity index is 1.36. The van der Waals surface area contributed by atoms with Gasteiger partial charge in [-0.15, -0.1) is 11.3 Å². The van der Waals surface area contributed by atoms with E-state index in [0.717, 1.165) is 11.3 Å². The fraction of sp³-hybridized carbons (Fsp3) is 0.190. The van der Waals surface area contributed by atoms with Crippen molar-refractivity contribution in [3.05, 3.63) is 75.6 Å². The number of aryl methyl sites for hydroxylation is 2. The standard InChI is InChI=1S/C21H19N5O3S/c1-13-6-3-4-7-16(13)24-17(27)10-18-23-15(12-30-18)11-29-21(28)19-14(2)25-26-9-5-8-22-20(19)26/h3-9,12H,10-11H2,1-2H3,(H,24,27). The highest BCUT2D eigenvalue weighted by Crippen LogP contribution is 2.18. The molecule has 3 heterocycles. The minimum atomic E-state index is -0.506. The number of hydrogen-bond donors (Lipinski definition) is 1. The van der Waals surface area contributed by atoms with E-state index in [2.05, 4.69) is 20.4 Å². The number of fused-ring (bicyclic) bond motifs is 1. The van der Waals surface area contributed by atoms with Crippen molar-refractivity contribution in [2.45, 2.75) is 26.9 Å². The second kappa shape index (κ2) is 8.42. The number of nitrogens with one attached hydrogen (secondary N) is 1. The average Bonchev–Trinajstić information content (AvgIpc) is 3.30. The highest BCUT2D eigenvalue weighted by Gasteiger charge is 2.20. The summed E-state index contributed by atoms with van der Waals surface area (Å²) >= 11 is 1.36. The first-order valence-corrected chi connectivity index (χ1v) is 10.1. The van der Waals surface area contributed by atoms with Gasteiger partial charge < -0.3 is 10.1 Å². The monoisotopic (exact) mass is 421 g/mol. The number of ether oxygens (including phenoxy) is 1. The summed E-state index contributed by atoms with van der Waals surface area (Å²) in [6.07, 6.45) is 3.48. The molecule has 0 aliphatic rings. The van der Waals surface area contributed by atoms with Crippen LogP contribution in [-0.4, -0.2) is 31.5 Å². The van der Waals surface area contributed by atoms with Crippen LogP contribution >= 0.6 is 11.3 Å². The molecule has 0 saturated heterocycles. The van der Waals surface area contributed by atoms with Gasteiger partial charge in [0.2, 0.25) is 5.91 Å². The number of amides is 1. The van der Waals surface area contributed by atoms with Crippen molar-refractivity contribution in [1.82, 2.24) is 19.6 Å². The van der Waals surface area contributed by atoms with Gasteiger partial charge in [0.1, 0.15) is 17.2 Å². The molecule has 4 aromatic rings. The Labute approximate surface area is 176 Å². The second-order valence-corrected chi connectivity index (χ2v) is 7.64. The molecule has 152 valence electrons. The van der Waals surface area contributed by atoms with Gasteiger partial charge >= 0.3 is 5.97 Å². The van der Waals surface area contributed by atoms with Crippen LogP contribution in [0.25, 0.3) is 5.65 Å². The summed E-state index contributed by atoms with van der Waals surface area (Å²) in [5.41, 5.74) is 3.70. The normalized spacial score (nSPS) is 10.9. The van der Waals surface area contributed by atoms with Gasteiger partial charge in [0.25, 0.3) is 0 Å². The van der Waals surface area contributed by atoms with Gasteiger partial charge in [-0.05, 0) is 31.5 Å². The minimum absolute atomic E-state index is 0.0123. The summed E-state index contributed by atoms with van der Waals surface area (Å²) in [6.45, 7) is 3.68. The quantitative estimate of drug-likeness (QED) is 0.480. The average molecular weight is 421 g/mol. The number of thiazole rings is 1. The zero-order chi connectivity index (χ0) is 21.1. The highest BCUT2D eigenvalue weighted by atomic mass is 32.1. The molecule has 0 radical (unpaired) electrons. The van der Waals surface area contributed by atoms with Crippen LogP contribution in [0.2, 0.25) is 0 Å². The maximum atomic E-state index is 12.5. The van der Waals surface area contributed by atoms with Gasteiger partial charge in [-0.25, -0.2) is 19.3 Å². The molecule has 1 aromatic carbocycles. The molecule has 1 N–H and O–H groups in total. The highest BCUT2D eigenvalue weighted by molar-refractivity contribution is 7.09. The molecule has 9 heteroatoms. The molecule has 8 nitrogen and oxygen atoms in total. The van der Waals surface area contributed by atoms with Crippen LogP contribution < -0.4 is 5.32 Å². The number of benzene rings is 1. The Morgan fingerprint density at radius 1 is 1.20 bits per heavy atom. The van der Waals surface area contributed by atoms with Crippen molar-refractivity contribution in [2.24, 2.45) is 0 Å². The molecule has 0 spiro atoms. The molecule has 0 aliphatic carbocycles. The van der Waals surface area contributed by atoms with E-state index in [9.17, 15) is 9.59 Å². The zero-order valence-corrected chi connectivity index (χ0v) is 17.3. The Kier molecular flexibility index (Phi) is 5.53. The predicted octanol–water partition coefficient (Wildman–Crippen LogP) is 3.34. The SMILES string of the molecule is Cc1ccccc1NC(=O)Cc1nc(COC(=O)c2c(C)nn3cccnc23)cs1. The maximum Gasteiger partial charge on any atom is 0.344 e. The number of para-hydroxylation sites is 1. The van der Waals surface area contributed by atoms with Crippen LogP contribution in [0.5, 0.6) is 0 Å². The maximum absolute atomic E-state index is 12.5. The first-order valence-electron chi connectivity index (χ1n) is 9.27. The first-order chi connectivity index (χ1) is 14.5. The largest absolute Gasteiger partial charge is 0.455 e. The molecular formula is C21H19N5O3S. The van der Waals surface area contributed by atoms with E-state index in [1.807, 2.05) is 31.2 Å². The predicted molar refractivity (Wildman–Crippen MR) is 112 cm³/mol. The Morgan fingerprint density at radius 2 is 2.03 bits per heavy atom. The van der Waals surface area contributed by atoms with E-state index < -0.39 is 5.97 Å². The summed E-state index contributed by atoms with van der Waals surface area (Å²) in [5.74, 6) is -0.650. The Bertz CT molecular complexity index is 1230. The molecule has 4 rings (SSSR count). The van der Waals surface area contributed by atoms with Crippen LogP contribution in [0.1, 0.15) is 32.3 Å². The van der Waals surface area contributed by atoms with E-state index in [-0.39, 0.29) is 18.9 Å². The molecular weight excluding hydrogens is 402 g/mol. The van der Waals surface area contributed by atoms with Crippen LogP contribution in [0.15, 0.2) is 48.1 Å². The molecule has 0 atom stereocenters. The number of anilines is 1. The minimum Gasteiger partial charge on any atom is -0.455 e. The third-order valence-corrected chi connectivity index (χ3v) is 5.35. The molecule has 1 amide bonds. The van der Waals surface area contributed by atoms with E-state index in [1.54, 1.807) is 35.3 Å². The van der Waals surface area contributed by atoms with Crippen molar-refractivity contribution in [2.75, 3.05) is 5.32 Å². The summed E-state index contributed by atoms with van der Waals surface area (Å²) < 4.78 is 6.94. The molecule has 0 bridgehead atoms. The van der Waals surface area contributed by atoms with Crippen LogP contribution in [0.3, 0.4) is 0 Å². The summed E-state index contributed by atoms with van der Waals surface area (Å²) in [6, 6.07) is 9.33. The van der Waals surface area contributed by atoms with Gasteiger partial charge in [-0.3, -0.25) is 4.79 Å². The molecule has 3 aromatic heterocycles. The lowest BCUT2D eigenvalue weighted by molar-refractivity contribution is -0.115. The summed E-state index contributed by atoms with van der Waals surface area (Å²) in [5, 5.41) is 9.58. The molecule has 30 heavy (non-hydrogen) atoms. The lowest BCUT2D eigenvalue weighted by Gasteiger charge is -2.06. The Morgan fingerprint density at radius 3 is 2.87 bits per heavy atom. The second-order valence-electron chi connectivity index (χ2n) is 6.70. The van der Waals surface area contributed by atoms with Crippen LogP contribution in [0, 0.1) is 13.8 Å². The van der Waals surface area contributed by atoms with Crippen molar-refractivity contribution >= 4 is 34.5 Å². The number of hydrogen-bond acceptors (Lipinski definition) is 7. The lowest BCUT2D eigenvalue weighted by atomic mass is 10.2. The first kappa shape index (κ1) is 19.7. The van der Waals surface area contributed by atoms with Crippen LogP contribution in [0.4, 0.5) is 5.69 Å². The third-order valence-electron chi connectivity index (χ3n) is 4.46. The van der Waals surface area contributed by atoms with Gasteiger partial charge in [0.05, 0.1) is 17.8 Å². The Hall–Kier alpha value is -3.59. The van der Waals surface area contributed by atoms with Crippen molar-refractivity contribution in [3.8, 4) is 0 Å². The fourth-order valence-corrected chi connectivity index (χ4v) is 3.77. The smallest absolute Gasteiger partial charge is 0.344 e. The van der Waals surface area contributed by atoms with E-state index in [0.29, 0.717) is 27.6 Å². The molecule has 0 fully saturated rings. The number of carbonyl (C=O) groups is 2. The number of aromatic nitrogens is 4. The van der Waals surface area contributed by atoms with Gasteiger partial charge in [0.15, 0.2) is 5.65 Å². The third kappa shape index (κ3) is 4.20. The van der Waals surface area contributed by atoms with E-state index in [1.165, 1.54) is 11.3 Å². The fourth-order valence-electron chi connectivity index (χ4n) is 2.99. The number of nitrogens with zero attached hydrogens (tertiary/aromatic N) is 4. The topological polar surface area (TPSA) is 98.5 Å². The molecule has 0 aliphatic heterocycles. The zero-order valence-electron chi connectivity index (χ0n) is 16.5. The van der Waals surface area contributed by atoms with Gasteiger partial charge in [0, 0.05) is 23.5 Å². The molecule has 0 unspecified atom stereocenters. The summed E-state index contributed by atoms with van der Waals surface area (Å²) in [4.78, 5) is 33.4. The number of carbonyl (C=O) groups excluding carboxylic acids is 2. The van der Waals surface area contributed by atoms with Crippen molar-refractivity contribution in [3.63, 3.8) is 0 Å². The molecule has 0 saturated carbocycles. The van der Waals surface area contributed by atoms with Crippen LogP contribution in [-0.2, 0) is 22.6 Å². The number of rotatable bonds is 6. The van der Waals surface area contributed by atoms with E-state index >= 15 is 0 Å².